The number of fused-ring (bicyclic) bond motifs is 1. The number of alkyl halides is 1. The van der Waals surface area contributed by atoms with E-state index in [4.69, 9.17) is 17.3 Å². The van der Waals surface area contributed by atoms with Crippen LogP contribution in [0.2, 0.25) is 0 Å². The molecular formula is C12H13ClN2O2S. The number of nitrogens with one attached hydrogen (secondary N) is 1. The molecular weight excluding hydrogens is 272 g/mol. The van der Waals surface area contributed by atoms with Gasteiger partial charge in [0, 0.05) is 28.9 Å². The van der Waals surface area contributed by atoms with Crippen LogP contribution in [0.25, 0.3) is 10.8 Å². The largest absolute Gasteiger partial charge is 0.398 e. The zero-order chi connectivity index (χ0) is 13.2. The van der Waals surface area contributed by atoms with Crippen LogP contribution in [0.4, 0.5) is 5.69 Å². The first-order valence-electron chi connectivity index (χ1n) is 5.39. The minimum absolute atomic E-state index is 0.197. The first-order valence-corrected chi connectivity index (χ1v) is 7.41. The van der Waals surface area contributed by atoms with Gasteiger partial charge in [-0.15, -0.1) is 11.6 Å². The first kappa shape index (κ1) is 13.1. The lowest BCUT2D eigenvalue weighted by Gasteiger charge is -2.10. The number of nitrogen functional groups attached to an aromatic ring is 1. The highest BCUT2D eigenvalue weighted by Gasteiger charge is 2.17. The molecule has 0 amide bonds. The number of rotatable bonds is 4. The van der Waals surface area contributed by atoms with Gasteiger partial charge in [0.2, 0.25) is 10.0 Å². The highest BCUT2D eigenvalue weighted by molar-refractivity contribution is 7.89. The Kier molecular flexibility index (Phi) is 3.75. The van der Waals surface area contributed by atoms with E-state index in [0.29, 0.717) is 11.1 Å². The monoisotopic (exact) mass is 284 g/mol. The lowest BCUT2D eigenvalue weighted by molar-refractivity contribution is 0.585. The maximum atomic E-state index is 12.1. The van der Waals surface area contributed by atoms with Crippen molar-refractivity contribution in [1.82, 2.24) is 4.72 Å². The molecule has 0 unspecified atom stereocenters. The second kappa shape index (κ2) is 5.14. The second-order valence-corrected chi connectivity index (χ2v) is 5.90. The van der Waals surface area contributed by atoms with Crippen molar-refractivity contribution in [3.05, 3.63) is 36.4 Å². The van der Waals surface area contributed by atoms with E-state index in [1.807, 2.05) is 6.07 Å². The minimum Gasteiger partial charge on any atom is -0.398 e. The SMILES string of the molecule is Nc1ccc(S(=O)(=O)NCCCl)c2ccccc12. The Morgan fingerprint density at radius 2 is 1.78 bits per heavy atom. The molecule has 6 heteroatoms. The van der Waals surface area contributed by atoms with E-state index >= 15 is 0 Å². The number of sulfonamides is 1. The fraction of sp³-hybridized carbons (Fsp3) is 0.167. The van der Waals surface area contributed by atoms with E-state index in [-0.39, 0.29) is 17.3 Å². The summed E-state index contributed by atoms with van der Waals surface area (Å²) in [6, 6.07) is 10.2. The predicted molar refractivity (Wildman–Crippen MR) is 74.3 cm³/mol. The normalized spacial score (nSPS) is 11.8. The van der Waals surface area contributed by atoms with Crippen molar-refractivity contribution in [2.75, 3.05) is 18.2 Å². The smallest absolute Gasteiger partial charge is 0.241 e. The molecule has 0 aliphatic rings. The van der Waals surface area contributed by atoms with Gasteiger partial charge in [0.05, 0.1) is 4.90 Å². The predicted octanol–water partition coefficient (Wildman–Crippen LogP) is 1.94. The molecule has 0 aliphatic carbocycles. The van der Waals surface area contributed by atoms with E-state index in [9.17, 15) is 8.42 Å². The number of benzene rings is 2. The van der Waals surface area contributed by atoms with Crippen LogP contribution in [0.5, 0.6) is 0 Å². The molecule has 18 heavy (non-hydrogen) atoms. The Balaban J connectivity index is 2.62. The van der Waals surface area contributed by atoms with E-state index in [0.717, 1.165) is 5.39 Å². The van der Waals surface area contributed by atoms with Crippen molar-refractivity contribution in [1.29, 1.82) is 0 Å². The van der Waals surface area contributed by atoms with Crippen LogP contribution in [-0.2, 0) is 10.0 Å². The quantitative estimate of drug-likeness (QED) is 0.666. The van der Waals surface area contributed by atoms with Crippen LogP contribution in [-0.4, -0.2) is 20.8 Å². The van der Waals surface area contributed by atoms with Gasteiger partial charge in [-0.1, -0.05) is 24.3 Å². The zero-order valence-electron chi connectivity index (χ0n) is 9.56. The number of hydrogen-bond acceptors (Lipinski definition) is 3. The summed E-state index contributed by atoms with van der Waals surface area (Å²) in [4.78, 5) is 0.220. The average molecular weight is 285 g/mol. The maximum Gasteiger partial charge on any atom is 0.241 e. The first-order chi connectivity index (χ1) is 8.56. The van der Waals surface area contributed by atoms with Crippen LogP contribution in [0.15, 0.2) is 41.3 Å². The molecule has 0 fully saturated rings. The molecule has 0 aromatic heterocycles. The summed E-state index contributed by atoms with van der Waals surface area (Å²) in [6.45, 7) is 0.197. The Hall–Kier alpha value is -1.30. The van der Waals surface area contributed by atoms with Crippen molar-refractivity contribution in [2.24, 2.45) is 0 Å². The van der Waals surface area contributed by atoms with Crippen LogP contribution < -0.4 is 10.5 Å². The van der Waals surface area contributed by atoms with Gasteiger partial charge >= 0.3 is 0 Å². The molecule has 4 nitrogen and oxygen atoms in total. The van der Waals surface area contributed by atoms with E-state index < -0.39 is 10.0 Å². The van der Waals surface area contributed by atoms with Gasteiger partial charge < -0.3 is 5.73 Å². The van der Waals surface area contributed by atoms with Gasteiger partial charge in [-0.25, -0.2) is 13.1 Å². The van der Waals surface area contributed by atoms with Gasteiger partial charge in [-0.05, 0) is 12.1 Å². The van der Waals surface area contributed by atoms with Crippen molar-refractivity contribution in [3.8, 4) is 0 Å². The average Bonchev–Trinajstić information content (AvgIpc) is 2.37. The number of anilines is 1. The number of hydrogen-bond donors (Lipinski definition) is 2. The van der Waals surface area contributed by atoms with Crippen LogP contribution in [0.3, 0.4) is 0 Å². The lowest BCUT2D eigenvalue weighted by Crippen LogP contribution is -2.25. The minimum atomic E-state index is -3.56. The summed E-state index contributed by atoms with van der Waals surface area (Å²) >= 11 is 5.49. The molecule has 3 N–H and O–H groups in total. The Morgan fingerprint density at radius 1 is 1.11 bits per heavy atom. The third kappa shape index (κ3) is 2.43. The molecule has 96 valence electrons. The molecule has 2 aromatic rings. The summed E-state index contributed by atoms with van der Waals surface area (Å²) < 4.78 is 26.6. The molecule has 2 aromatic carbocycles. The third-order valence-electron chi connectivity index (χ3n) is 2.59. The van der Waals surface area contributed by atoms with Crippen molar-refractivity contribution in [3.63, 3.8) is 0 Å². The van der Waals surface area contributed by atoms with Crippen LogP contribution in [0, 0.1) is 0 Å². The Labute approximate surface area is 111 Å². The molecule has 0 bridgehead atoms. The standard InChI is InChI=1S/C12H13ClN2O2S/c13-7-8-15-18(16,17)12-6-5-11(14)9-3-1-2-4-10(9)12/h1-6,15H,7-8,14H2. The van der Waals surface area contributed by atoms with Gasteiger partial charge in [0.25, 0.3) is 0 Å². The van der Waals surface area contributed by atoms with Gasteiger partial charge in [0.15, 0.2) is 0 Å². The lowest BCUT2D eigenvalue weighted by atomic mass is 10.1. The molecule has 0 radical (unpaired) electrons. The Bertz CT molecular complexity index is 671. The fourth-order valence-electron chi connectivity index (χ4n) is 1.78. The second-order valence-electron chi connectivity index (χ2n) is 3.79. The van der Waals surface area contributed by atoms with Crippen molar-refractivity contribution >= 4 is 38.1 Å². The number of halogens is 1. The van der Waals surface area contributed by atoms with Crippen molar-refractivity contribution in [2.45, 2.75) is 4.90 Å². The molecule has 0 spiro atoms. The summed E-state index contributed by atoms with van der Waals surface area (Å²) in [5.41, 5.74) is 6.39. The molecule has 0 saturated carbocycles. The topological polar surface area (TPSA) is 72.2 Å². The van der Waals surface area contributed by atoms with Gasteiger partial charge in [-0.2, -0.15) is 0 Å². The van der Waals surface area contributed by atoms with Gasteiger partial charge in [0.1, 0.15) is 0 Å². The molecule has 0 heterocycles. The summed E-state index contributed by atoms with van der Waals surface area (Å²) in [5, 5.41) is 1.34. The zero-order valence-corrected chi connectivity index (χ0v) is 11.1. The van der Waals surface area contributed by atoms with Crippen molar-refractivity contribution < 1.29 is 8.42 Å². The van der Waals surface area contributed by atoms with E-state index in [1.165, 1.54) is 6.07 Å². The summed E-state index contributed by atoms with van der Waals surface area (Å²) in [7, 11) is -3.56. The van der Waals surface area contributed by atoms with E-state index in [2.05, 4.69) is 4.72 Å². The third-order valence-corrected chi connectivity index (χ3v) is 4.30. The number of nitrogens with two attached hydrogens (primary N) is 1. The molecule has 0 atom stereocenters. The summed E-state index contributed by atoms with van der Waals surface area (Å²) in [6.07, 6.45) is 0. The molecule has 2 rings (SSSR count). The van der Waals surface area contributed by atoms with E-state index in [1.54, 1.807) is 24.3 Å². The van der Waals surface area contributed by atoms with Crippen LogP contribution >= 0.6 is 11.6 Å². The fourth-order valence-corrected chi connectivity index (χ4v) is 3.23. The Morgan fingerprint density at radius 3 is 2.44 bits per heavy atom. The maximum absolute atomic E-state index is 12.1. The molecule has 0 aliphatic heterocycles. The molecule has 0 saturated heterocycles. The van der Waals surface area contributed by atoms with Gasteiger partial charge in [-0.3, -0.25) is 0 Å². The summed E-state index contributed by atoms with van der Waals surface area (Å²) in [5.74, 6) is 0.228. The highest BCUT2D eigenvalue weighted by Crippen LogP contribution is 2.27. The highest BCUT2D eigenvalue weighted by atomic mass is 35.5. The van der Waals surface area contributed by atoms with Crippen LogP contribution in [0.1, 0.15) is 0 Å².